The monoisotopic (exact) mass is 447 g/mol. The van der Waals surface area contributed by atoms with E-state index in [1.807, 2.05) is 43.3 Å². The summed E-state index contributed by atoms with van der Waals surface area (Å²) in [6, 6.07) is 15.7. The molecule has 156 valence electrons. The molecule has 1 aliphatic rings. The van der Waals surface area contributed by atoms with Crippen molar-refractivity contribution in [1.82, 2.24) is 9.97 Å². The molecule has 6 heteroatoms. The van der Waals surface area contributed by atoms with Gasteiger partial charge in [-0.2, -0.15) is 0 Å². The molecule has 31 heavy (non-hydrogen) atoms. The van der Waals surface area contributed by atoms with Gasteiger partial charge >= 0.3 is 0 Å². The summed E-state index contributed by atoms with van der Waals surface area (Å²) in [5.41, 5.74) is 6.07. The number of rotatable bonds is 4. The van der Waals surface area contributed by atoms with Gasteiger partial charge in [-0.15, -0.1) is 0 Å². The maximum atomic E-state index is 13.7. The Morgan fingerprint density at radius 2 is 1.94 bits per heavy atom. The topological polar surface area (TPSA) is 46.1 Å². The summed E-state index contributed by atoms with van der Waals surface area (Å²) in [5, 5.41) is 1.34. The van der Waals surface area contributed by atoms with Crippen molar-refractivity contribution < 1.29 is 4.79 Å². The van der Waals surface area contributed by atoms with Gasteiger partial charge in [-0.05, 0) is 85.7 Å². The molecule has 2 heterocycles. The van der Waals surface area contributed by atoms with E-state index in [1.165, 1.54) is 35.3 Å². The number of aromatic nitrogens is 2. The first-order valence-corrected chi connectivity index (χ1v) is 11.7. The number of anilines is 1. The average molecular weight is 448 g/mol. The minimum absolute atomic E-state index is 0.0539. The maximum Gasteiger partial charge on any atom is 0.260 e. The van der Waals surface area contributed by atoms with E-state index in [4.69, 9.17) is 16.6 Å². The Bertz CT molecular complexity index is 1270. The van der Waals surface area contributed by atoms with Crippen LogP contribution in [0, 0.1) is 6.92 Å². The van der Waals surface area contributed by atoms with Crippen LogP contribution in [0.2, 0.25) is 5.02 Å². The van der Waals surface area contributed by atoms with Gasteiger partial charge in [0.2, 0.25) is 0 Å². The second-order valence-corrected chi connectivity index (χ2v) is 9.41. The maximum absolute atomic E-state index is 13.7. The largest absolute Gasteiger partial charge is 0.278 e. The molecule has 0 saturated carbocycles. The smallest absolute Gasteiger partial charge is 0.260 e. The van der Waals surface area contributed by atoms with Crippen molar-refractivity contribution in [3.8, 4) is 0 Å². The Morgan fingerprint density at radius 3 is 2.74 bits per heavy atom. The molecule has 4 aromatic rings. The van der Waals surface area contributed by atoms with Crippen LogP contribution in [0.25, 0.3) is 10.2 Å². The number of benzene rings is 2. The van der Waals surface area contributed by atoms with Gasteiger partial charge in [-0.3, -0.25) is 14.7 Å². The summed E-state index contributed by atoms with van der Waals surface area (Å²) in [5.74, 6) is -0.0539. The van der Waals surface area contributed by atoms with Gasteiger partial charge in [0.15, 0.2) is 5.13 Å². The second kappa shape index (κ2) is 8.40. The predicted octanol–water partition coefficient (Wildman–Crippen LogP) is 6.38. The van der Waals surface area contributed by atoms with E-state index in [0.29, 0.717) is 22.3 Å². The summed E-state index contributed by atoms with van der Waals surface area (Å²) >= 11 is 7.74. The molecule has 5 rings (SSSR count). The molecular weight excluding hydrogens is 426 g/mol. The normalized spacial score (nSPS) is 13.2. The summed E-state index contributed by atoms with van der Waals surface area (Å²) in [6.07, 6.45) is 6.29. The van der Waals surface area contributed by atoms with Gasteiger partial charge in [-0.25, -0.2) is 4.98 Å². The zero-order chi connectivity index (χ0) is 21.4. The van der Waals surface area contributed by atoms with Gasteiger partial charge in [-0.1, -0.05) is 35.1 Å². The number of carbonyl (C=O) groups excluding carboxylic acids is 1. The lowest BCUT2D eigenvalue weighted by Crippen LogP contribution is -2.31. The third kappa shape index (κ3) is 4.08. The summed E-state index contributed by atoms with van der Waals surface area (Å²) in [4.78, 5) is 24.7. The van der Waals surface area contributed by atoms with Crippen LogP contribution in [0.1, 0.15) is 45.6 Å². The fourth-order valence-electron chi connectivity index (χ4n) is 4.16. The molecular formula is C25H22ClN3OS. The summed E-state index contributed by atoms with van der Waals surface area (Å²) < 4.78 is 0.976. The third-order valence-corrected chi connectivity index (χ3v) is 7.00. The highest BCUT2D eigenvalue weighted by atomic mass is 35.5. The molecule has 0 spiro atoms. The van der Waals surface area contributed by atoms with E-state index < -0.39 is 0 Å². The van der Waals surface area contributed by atoms with Crippen LogP contribution in [0.5, 0.6) is 0 Å². The van der Waals surface area contributed by atoms with Crippen LogP contribution < -0.4 is 4.90 Å². The van der Waals surface area contributed by atoms with Crippen molar-refractivity contribution in [1.29, 1.82) is 0 Å². The second-order valence-electron chi connectivity index (χ2n) is 7.97. The van der Waals surface area contributed by atoms with Crippen LogP contribution in [0.15, 0.2) is 54.7 Å². The number of amides is 1. The molecule has 0 N–H and O–H groups in total. The fourth-order valence-corrected chi connectivity index (χ4v) is 5.58. The van der Waals surface area contributed by atoms with Crippen LogP contribution in [0.4, 0.5) is 5.13 Å². The molecule has 1 amide bonds. The molecule has 4 nitrogen and oxygen atoms in total. The van der Waals surface area contributed by atoms with Crippen LogP contribution >= 0.6 is 22.9 Å². The first-order valence-electron chi connectivity index (χ1n) is 10.5. The number of aryl methyl sites for hydroxylation is 3. The standard InChI is InChI=1S/C25H22ClN3OS/c1-16-12-20(26)14-22-23(16)28-25(31-22)29(15-21-8-4-5-11-27-21)24(30)19-10-9-17-6-2-3-7-18(17)13-19/h4-5,8-14H,2-3,6-7,15H2,1H3. The number of nitrogens with zero attached hydrogens (tertiary/aromatic N) is 3. The van der Waals surface area contributed by atoms with E-state index in [0.717, 1.165) is 34.3 Å². The lowest BCUT2D eigenvalue weighted by molar-refractivity contribution is 0.0984. The van der Waals surface area contributed by atoms with Crippen LogP contribution in [-0.2, 0) is 19.4 Å². The molecule has 0 saturated heterocycles. The average Bonchev–Trinajstić information content (AvgIpc) is 3.21. The van der Waals surface area contributed by atoms with Gasteiger partial charge in [0, 0.05) is 16.8 Å². The van der Waals surface area contributed by atoms with Gasteiger partial charge in [0.05, 0.1) is 22.5 Å². The highest BCUT2D eigenvalue weighted by Gasteiger charge is 2.24. The van der Waals surface area contributed by atoms with Crippen LogP contribution in [-0.4, -0.2) is 15.9 Å². The number of hydrogen-bond donors (Lipinski definition) is 0. The number of carbonyl (C=O) groups is 1. The molecule has 1 aliphatic carbocycles. The van der Waals surface area contributed by atoms with E-state index >= 15 is 0 Å². The fraction of sp³-hybridized carbons (Fsp3) is 0.240. The Kier molecular flexibility index (Phi) is 5.47. The van der Waals surface area contributed by atoms with E-state index in [2.05, 4.69) is 17.1 Å². The Balaban J connectivity index is 1.57. The Hall–Kier alpha value is -2.76. The molecule has 0 bridgehead atoms. The van der Waals surface area contributed by atoms with Crippen LogP contribution in [0.3, 0.4) is 0 Å². The third-order valence-electron chi connectivity index (χ3n) is 5.76. The number of halogens is 1. The Morgan fingerprint density at radius 1 is 1.10 bits per heavy atom. The lowest BCUT2D eigenvalue weighted by atomic mass is 9.90. The van der Waals surface area contributed by atoms with Crippen molar-refractivity contribution in [3.63, 3.8) is 0 Å². The van der Waals surface area contributed by atoms with Gasteiger partial charge in [0.1, 0.15) is 0 Å². The minimum atomic E-state index is -0.0539. The number of hydrogen-bond acceptors (Lipinski definition) is 4. The van der Waals surface area contributed by atoms with Crippen molar-refractivity contribution >= 4 is 44.2 Å². The van der Waals surface area contributed by atoms with Crippen molar-refractivity contribution in [2.45, 2.75) is 39.2 Å². The predicted molar refractivity (Wildman–Crippen MR) is 127 cm³/mol. The first kappa shape index (κ1) is 20.2. The molecule has 0 atom stereocenters. The van der Waals surface area contributed by atoms with Gasteiger partial charge < -0.3 is 0 Å². The number of pyridine rings is 1. The molecule has 0 aliphatic heterocycles. The lowest BCUT2D eigenvalue weighted by Gasteiger charge is -2.21. The Labute approximate surface area is 190 Å². The zero-order valence-corrected chi connectivity index (χ0v) is 18.8. The van der Waals surface area contributed by atoms with E-state index in [-0.39, 0.29) is 5.91 Å². The molecule has 0 unspecified atom stereocenters. The molecule has 2 aromatic heterocycles. The van der Waals surface area contributed by atoms with Gasteiger partial charge in [0.25, 0.3) is 5.91 Å². The number of thiazole rings is 1. The molecule has 0 fully saturated rings. The molecule has 0 radical (unpaired) electrons. The quantitative estimate of drug-likeness (QED) is 0.364. The summed E-state index contributed by atoms with van der Waals surface area (Å²) in [7, 11) is 0. The highest BCUT2D eigenvalue weighted by Crippen LogP contribution is 2.34. The van der Waals surface area contributed by atoms with Crippen molar-refractivity contribution in [2.75, 3.05) is 4.90 Å². The first-order chi connectivity index (χ1) is 15.1. The highest BCUT2D eigenvalue weighted by molar-refractivity contribution is 7.22. The van der Waals surface area contributed by atoms with E-state index in [1.54, 1.807) is 11.1 Å². The van der Waals surface area contributed by atoms with Crippen molar-refractivity contribution in [3.05, 3.63) is 87.7 Å². The van der Waals surface area contributed by atoms with Crippen molar-refractivity contribution in [2.24, 2.45) is 0 Å². The number of fused-ring (bicyclic) bond motifs is 2. The molecule has 2 aromatic carbocycles. The van der Waals surface area contributed by atoms with E-state index in [9.17, 15) is 4.79 Å². The SMILES string of the molecule is Cc1cc(Cl)cc2sc(N(Cc3ccccn3)C(=O)c3ccc4c(c3)CCCC4)nc12. The summed E-state index contributed by atoms with van der Waals surface area (Å²) in [6.45, 7) is 2.36. The minimum Gasteiger partial charge on any atom is -0.278 e. The zero-order valence-electron chi connectivity index (χ0n) is 17.3.